The molecule has 1 N–H and O–H groups in total. The first-order valence-electron chi connectivity index (χ1n) is 11.7. The summed E-state index contributed by atoms with van der Waals surface area (Å²) in [5.74, 6) is -0.692. The second-order valence-electron chi connectivity index (χ2n) is 8.90. The first-order valence-corrected chi connectivity index (χ1v) is 11.7. The van der Waals surface area contributed by atoms with Crippen LogP contribution in [0.4, 0.5) is 0 Å². The lowest BCUT2D eigenvalue weighted by molar-refractivity contribution is -0.140. The molecule has 0 radical (unpaired) electrons. The number of hydrogen-bond acceptors (Lipinski definition) is 6. The molecule has 0 saturated carbocycles. The molecule has 1 amide bonds. The molecule has 0 spiro atoms. The number of hydrogen-bond donors (Lipinski definition) is 1. The van der Waals surface area contributed by atoms with E-state index in [4.69, 9.17) is 9.47 Å². The van der Waals surface area contributed by atoms with Crippen LogP contribution < -0.4 is 4.74 Å². The first-order chi connectivity index (χ1) is 16.4. The number of nitrogens with zero attached hydrogens (tertiary/aromatic N) is 2. The molecule has 4 rings (SSSR count). The van der Waals surface area contributed by atoms with Crippen LogP contribution in [-0.4, -0.2) is 73.1 Å². The van der Waals surface area contributed by atoms with Gasteiger partial charge in [-0.2, -0.15) is 0 Å². The van der Waals surface area contributed by atoms with Crippen molar-refractivity contribution in [3.05, 3.63) is 70.3 Å². The molecule has 1 atom stereocenters. The van der Waals surface area contributed by atoms with Crippen LogP contribution in [0.25, 0.3) is 5.76 Å². The summed E-state index contributed by atoms with van der Waals surface area (Å²) < 4.78 is 10.7. The molecular formula is C27H32N2O5. The highest BCUT2D eigenvalue weighted by Crippen LogP contribution is 2.40. The van der Waals surface area contributed by atoms with E-state index in [-0.39, 0.29) is 11.3 Å². The predicted octanol–water partition coefficient (Wildman–Crippen LogP) is 3.46. The number of carbonyl (C=O) groups is 2. The van der Waals surface area contributed by atoms with Gasteiger partial charge >= 0.3 is 0 Å². The van der Waals surface area contributed by atoms with Crippen molar-refractivity contribution in [3.8, 4) is 5.75 Å². The first kappa shape index (κ1) is 24.0. The zero-order valence-electron chi connectivity index (χ0n) is 20.0. The van der Waals surface area contributed by atoms with Gasteiger partial charge in [-0.1, -0.05) is 29.8 Å². The lowest BCUT2D eigenvalue weighted by atomic mass is 9.94. The summed E-state index contributed by atoms with van der Waals surface area (Å²) in [6.07, 6.45) is 0.733. The van der Waals surface area contributed by atoms with E-state index in [1.54, 1.807) is 30.2 Å². The monoisotopic (exact) mass is 464 g/mol. The molecule has 0 bridgehead atoms. The highest BCUT2D eigenvalue weighted by atomic mass is 16.5. The van der Waals surface area contributed by atoms with E-state index in [9.17, 15) is 14.7 Å². The van der Waals surface area contributed by atoms with Gasteiger partial charge < -0.3 is 19.5 Å². The van der Waals surface area contributed by atoms with Gasteiger partial charge in [-0.3, -0.25) is 14.5 Å². The molecule has 2 aliphatic heterocycles. The summed E-state index contributed by atoms with van der Waals surface area (Å²) in [4.78, 5) is 30.2. The maximum absolute atomic E-state index is 13.2. The molecule has 34 heavy (non-hydrogen) atoms. The predicted molar refractivity (Wildman–Crippen MR) is 130 cm³/mol. The van der Waals surface area contributed by atoms with Crippen molar-refractivity contribution < 1.29 is 24.2 Å². The number of aryl methyl sites for hydroxylation is 2. The third-order valence-corrected chi connectivity index (χ3v) is 6.58. The quantitative estimate of drug-likeness (QED) is 0.384. The SMILES string of the molecule is COc1ccc(C(O)=C2C(=O)C(=O)N(CCCN3CCOCC3)[C@@H]2c2ccc(C)cc2)cc1C. The minimum Gasteiger partial charge on any atom is -0.507 e. The van der Waals surface area contributed by atoms with E-state index in [0.29, 0.717) is 17.9 Å². The van der Waals surface area contributed by atoms with Gasteiger partial charge in [0.1, 0.15) is 11.5 Å². The minimum atomic E-state index is -0.650. The van der Waals surface area contributed by atoms with Crippen LogP contribution in [0.2, 0.25) is 0 Å². The molecule has 0 aliphatic carbocycles. The number of likely N-dealkylation sites (tertiary alicyclic amines) is 1. The fourth-order valence-electron chi connectivity index (χ4n) is 4.68. The van der Waals surface area contributed by atoms with Crippen LogP contribution >= 0.6 is 0 Å². The number of Topliss-reactive ketones (excluding diaryl/α,β-unsaturated/α-hetero) is 1. The number of ketones is 1. The molecule has 180 valence electrons. The number of ether oxygens (including phenoxy) is 2. The molecule has 2 aromatic carbocycles. The van der Waals surface area contributed by atoms with Crippen molar-refractivity contribution >= 4 is 17.4 Å². The summed E-state index contributed by atoms with van der Waals surface area (Å²) in [5.41, 5.74) is 3.34. The molecule has 2 aliphatic rings. The van der Waals surface area contributed by atoms with E-state index in [1.807, 2.05) is 38.1 Å². The third-order valence-electron chi connectivity index (χ3n) is 6.58. The Kier molecular flexibility index (Phi) is 7.34. The van der Waals surface area contributed by atoms with Crippen LogP contribution in [0.3, 0.4) is 0 Å². The number of rotatable bonds is 7. The summed E-state index contributed by atoms with van der Waals surface area (Å²) in [7, 11) is 1.59. The number of methoxy groups -OCH3 is 1. The molecule has 2 heterocycles. The summed E-state index contributed by atoms with van der Waals surface area (Å²) in [6.45, 7) is 8.29. The Hall–Kier alpha value is -3.16. The van der Waals surface area contributed by atoms with Crippen molar-refractivity contribution in [2.45, 2.75) is 26.3 Å². The minimum absolute atomic E-state index is 0.129. The molecular weight excluding hydrogens is 432 g/mol. The zero-order valence-corrected chi connectivity index (χ0v) is 20.0. The summed E-state index contributed by atoms with van der Waals surface area (Å²) in [6, 6.07) is 12.4. The molecule has 7 heteroatoms. The van der Waals surface area contributed by atoms with Gasteiger partial charge in [0.05, 0.1) is 31.9 Å². The van der Waals surface area contributed by atoms with Gasteiger partial charge in [0.25, 0.3) is 11.7 Å². The van der Waals surface area contributed by atoms with E-state index < -0.39 is 17.7 Å². The third kappa shape index (κ3) is 4.86. The number of aliphatic hydroxyl groups is 1. The topological polar surface area (TPSA) is 79.3 Å². The molecule has 7 nitrogen and oxygen atoms in total. The fourth-order valence-corrected chi connectivity index (χ4v) is 4.68. The van der Waals surface area contributed by atoms with Crippen molar-refractivity contribution in [1.29, 1.82) is 0 Å². The number of aliphatic hydroxyl groups excluding tert-OH is 1. The van der Waals surface area contributed by atoms with Crippen molar-refractivity contribution in [2.24, 2.45) is 0 Å². The Bertz CT molecular complexity index is 1090. The number of carbonyl (C=O) groups excluding carboxylic acids is 2. The average Bonchev–Trinajstić information content (AvgIpc) is 3.09. The van der Waals surface area contributed by atoms with Gasteiger partial charge in [-0.05, 0) is 49.6 Å². The number of benzene rings is 2. The molecule has 2 fully saturated rings. The maximum Gasteiger partial charge on any atom is 0.295 e. The molecule has 0 unspecified atom stereocenters. The van der Waals surface area contributed by atoms with Crippen LogP contribution in [0, 0.1) is 13.8 Å². The summed E-state index contributed by atoms with van der Waals surface area (Å²) >= 11 is 0. The van der Waals surface area contributed by atoms with Gasteiger partial charge in [0.15, 0.2) is 0 Å². The van der Waals surface area contributed by atoms with Crippen LogP contribution in [0.5, 0.6) is 5.75 Å². The van der Waals surface area contributed by atoms with Gasteiger partial charge in [-0.25, -0.2) is 0 Å². The number of morpholine rings is 1. The Labute approximate surface area is 200 Å². The maximum atomic E-state index is 13.2. The van der Waals surface area contributed by atoms with Gasteiger partial charge in [0, 0.05) is 31.7 Å². The van der Waals surface area contributed by atoms with E-state index in [1.165, 1.54) is 0 Å². The lowest BCUT2D eigenvalue weighted by Gasteiger charge is -2.29. The average molecular weight is 465 g/mol. The zero-order chi connectivity index (χ0) is 24.2. The Balaban J connectivity index is 1.68. The van der Waals surface area contributed by atoms with Crippen molar-refractivity contribution in [1.82, 2.24) is 9.80 Å². The summed E-state index contributed by atoms with van der Waals surface area (Å²) in [5, 5.41) is 11.2. The van der Waals surface area contributed by atoms with Crippen LogP contribution in [-0.2, 0) is 14.3 Å². The van der Waals surface area contributed by atoms with Gasteiger partial charge in [0.2, 0.25) is 0 Å². The second-order valence-corrected chi connectivity index (χ2v) is 8.90. The van der Waals surface area contributed by atoms with E-state index in [0.717, 1.165) is 56.0 Å². The standard InChI is InChI=1S/C27H32N2O5/c1-18-5-7-20(8-6-18)24-23(25(30)21-9-10-22(33-3)19(2)17-21)26(31)27(32)29(24)12-4-11-28-13-15-34-16-14-28/h5-10,17,24,30H,4,11-16H2,1-3H3/t24-/m1/s1. The Morgan fingerprint density at radius 3 is 2.41 bits per heavy atom. The lowest BCUT2D eigenvalue weighted by Crippen LogP contribution is -2.38. The van der Waals surface area contributed by atoms with Crippen molar-refractivity contribution in [2.75, 3.05) is 46.5 Å². The second kappa shape index (κ2) is 10.4. The molecule has 0 aromatic heterocycles. The Morgan fingerprint density at radius 1 is 1.06 bits per heavy atom. The smallest absolute Gasteiger partial charge is 0.295 e. The molecule has 2 aromatic rings. The van der Waals surface area contributed by atoms with Crippen LogP contribution in [0.15, 0.2) is 48.0 Å². The Morgan fingerprint density at radius 2 is 1.76 bits per heavy atom. The van der Waals surface area contributed by atoms with Gasteiger partial charge in [-0.15, -0.1) is 0 Å². The highest BCUT2D eigenvalue weighted by Gasteiger charge is 2.45. The number of amides is 1. The highest BCUT2D eigenvalue weighted by molar-refractivity contribution is 6.46. The largest absolute Gasteiger partial charge is 0.507 e. The van der Waals surface area contributed by atoms with E-state index >= 15 is 0 Å². The molecule has 2 saturated heterocycles. The van der Waals surface area contributed by atoms with Crippen molar-refractivity contribution in [3.63, 3.8) is 0 Å². The van der Waals surface area contributed by atoms with E-state index in [2.05, 4.69) is 4.90 Å². The van der Waals surface area contributed by atoms with Crippen LogP contribution in [0.1, 0.15) is 34.7 Å². The normalized spacial score (nSPS) is 20.7. The fraction of sp³-hybridized carbons (Fsp3) is 0.407.